The highest BCUT2D eigenvalue weighted by atomic mass is 35.5. The number of nitrogens with zero attached hydrogens (tertiary/aromatic N) is 2. The van der Waals surface area contributed by atoms with E-state index in [9.17, 15) is 9.59 Å². The minimum Gasteiger partial charge on any atom is -0.464 e. The van der Waals surface area contributed by atoms with E-state index in [1.54, 1.807) is 21.9 Å². The molecule has 0 atom stereocenters. The Hall–Kier alpha value is -2.80. The first-order valence-corrected chi connectivity index (χ1v) is 12.8. The minimum absolute atomic E-state index is 0.0698. The van der Waals surface area contributed by atoms with E-state index in [-0.39, 0.29) is 18.4 Å². The number of hydrogen-bond acceptors (Lipinski definition) is 4. The Balaban J connectivity index is 1.77. The van der Waals surface area contributed by atoms with Crippen molar-refractivity contribution < 1.29 is 18.7 Å². The molecule has 36 heavy (non-hydrogen) atoms. The maximum absolute atomic E-state index is 13.5. The first kappa shape index (κ1) is 27.8. The maximum atomic E-state index is 13.5. The predicted octanol–water partition coefficient (Wildman–Crippen LogP) is 6.04. The molecule has 2 aromatic carbocycles. The summed E-state index contributed by atoms with van der Waals surface area (Å²) in [6.45, 7) is 6.01. The molecule has 0 saturated carbocycles. The van der Waals surface area contributed by atoms with Gasteiger partial charge in [-0.2, -0.15) is 0 Å². The number of carbonyl (C=O) groups is 2. The van der Waals surface area contributed by atoms with Crippen molar-refractivity contribution in [2.75, 3.05) is 32.8 Å². The Labute approximate surface area is 222 Å². The number of aryl methyl sites for hydroxylation is 1. The lowest BCUT2D eigenvalue weighted by molar-refractivity contribution is -0.132. The maximum Gasteiger partial charge on any atom is 0.254 e. The standard InChI is InChI=1S/C28H32Cl2N2O4/c1-3-35-17-7-15-32(28(34)23-11-13-25(29)26(30)18-23)20-27(33)31(19-24-12-10-21(2)36-24)16-14-22-8-5-4-6-9-22/h4-6,8-13,18H,3,7,14-17,19-20H2,1-2H3. The van der Waals surface area contributed by atoms with Gasteiger partial charge >= 0.3 is 0 Å². The van der Waals surface area contributed by atoms with Gasteiger partial charge in [0.05, 0.1) is 16.6 Å². The van der Waals surface area contributed by atoms with Crippen LogP contribution in [0.2, 0.25) is 10.0 Å². The quantitative estimate of drug-likeness (QED) is 0.253. The molecule has 0 N–H and O–H groups in total. The fourth-order valence-corrected chi connectivity index (χ4v) is 4.09. The molecule has 0 saturated heterocycles. The van der Waals surface area contributed by atoms with Crippen LogP contribution in [0.3, 0.4) is 0 Å². The molecule has 0 aliphatic heterocycles. The number of benzene rings is 2. The SMILES string of the molecule is CCOCCCN(CC(=O)N(CCc1ccccc1)Cc1ccc(C)o1)C(=O)c1ccc(Cl)c(Cl)c1. The highest BCUT2D eigenvalue weighted by molar-refractivity contribution is 6.42. The highest BCUT2D eigenvalue weighted by Gasteiger charge is 2.23. The van der Waals surface area contributed by atoms with Crippen LogP contribution in [0.15, 0.2) is 65.1 Å². The lowest BCUT2D eigenvalue weighted by Crippen LogP contribution is -2.44. The summed E-state index contributed by atoms with van der Waals surface area (Å²) in [5, 5.41) is 0.661. The van der Waals surface area contributed by atoms with E-state index in [1.807, 2.05) is 56.3 Å². The molecule has 3 aromatic rings. The fraction of sp³-hybridized carbons (Fsp3) is 0.357. The number of carbonyl (C=O) groups excluding carboxylic acids is 2. The van der Waals surface area contributed by atoms with Crippen LogP contribution in [0.5, 0.6) is 0 Å². The van der Waals surface area contributed by atoms with Gasteiger partial charge in [0.1, 0.15) is 18.1 Å². The van der Waals surface area contributed by atoms with Gasteiger partial charge in [-0.1, -0.05) is 53.5 Å². The van der Waals surface area contributed by atoms with Crippen LogP contribution in [0.4, 0.5) is 0 Å². The minimum atomic E-state index is -0.282. The summed E-state index contributed by atoms with van der Waals surface area (Å²) in [6.07, 6.45) is 1.30. The number of hydrogen-bond donors (Lipinski definition) is 0. The molecule has 1 heterocycles. The molecular formula is C28H32Cl2N2O4. The van der Waals surface area contributed by atoms with Crippen LogP contribution in [0.25, 0.3) is 0 Å². The largest absolute Gasteiger partial charge is 0.464 e. The second kappa shape index (κ2) is 14.1. The van der Waals surface area contributed by atoms with Gasteiger partial charge in [-0.05, 0) is 62.6 Å². The van der Waals surface area contributed by atoms with Crippen molar-refractivity contribution in [3.8, 4) is 0 Å². The molecule has 3 rings (SSSR count). The van der Waals surface area contributed by atoms with E-state index in [0.29, 0.717) is 67.1 Å². The first-order valence-electron chi connectivity index (χ1n) is 12.1. The Morgan fingerprint density at radius 1 is 0.944 bits per heavy atom. The lowest BCUT2D eigenvalue weighted by atomic mass is 10.1. The van der Waals surface area contributed by atoms with Crippen molar-refractivity contribution in [1.82, 2.24) is 9.80 Å². The van der Waals surface area contributed by atoms with Crippen molar-refractivity contribution in [2.24, 2.45) is 0 Å². The van der Waals surface area contributed by atoms with E-state index in [4.69, 9.17) is 32.4 Å². The van der Waals surface area contributed by atoms with E-state index >= 15 is 0 Å². The zero-order valence-corrected chi connectivity index (χ0v) is 22.2. The fourth-order valence-electron chi connectivity index (χ4n) is 3.79. The summed E-state index contributed by atoms with van der Waals surface area (Å²) in [5.74, 6) is 1.04. The van der Waals surface area contributed by atoms with Crippen LogP contribution in [-0.4, -0.2) is 54.5 Å². The van der Waals surface area contributed by atoms with Crippen LogP contribution >= 0.6 is 23.2 Å². The van der Waals surface area contributed by atoms with Crippen molar-refractivity contribution in [3.05, 3.63) is 93.4 Å². The molecule has 0 unspecified atom stereocenters. The van der Waals surface area contributed by atoms with Gasteiger partial charge < -0.3 is 19.0 Å². The Morgan fingerprint density at radius 2 is 1.72 bits per heavy atom. The summed E-state index contributed by atoms with van der Waals surface area (Å²) in [5.41, 5.74) is 1.51. The second-order valence-corrected chi connectivity index (χ2v) is 9.28. The van der Waals surface area contributed by atoms with Crippen LogP contribution in [-0.2, 0) is 22.5 Å². The van der Waals surface area contributed by atoms with Crippen molar-refractivity contribution in [1.29, 1.82) is 0 Å². The number of rotatable bonds is 13. The Bertz CT molecular complexity index is 1130. The number of halogens is 2. The van der Waals surface area contributed by atoms with Gasteiger partial charge in [0.2, 0.25) is 5.91 Å². The molecular weight excluding hydrogens is 499 g/mol. The molecule has 0 aliphatic carbocycles. The molecule has 0 aliphatic rings. The average Bonchev–Trinajstić information content (AvgIpc) is 3.29. The summed E-state index contributed by atoms with van der Waals surface area (Å²) in [6, 6.07) is 18.5. The number of furan rings is 1. The van der Waals surface area contributed by atoms with Crippen molar-refractivity contribution in [3.63, 3.8) is 0 Å². The van der Waals surface area contributed by atoms with E-state index in [2.05, 4.69) is 0 Å². The first-order chi connectivity index (χ1) is 17.4. The topological polar surface area (TPSA) is 63.0 Å². The summed E-state index contributed by atoms with van der Waals surface area (Å²) < 4.78 is 11.2. The molecule has 0 spiro atoms. The van der Waals surface area contributed by atoms with Crippen LogP contribution < -0.4 is 0 Å². The second-order valence-electron chi connectivity index (χ2n) is 8.47. The predicted molar refractivity (Wildman–Crippen MR) is 142 cm³/mol. The van der Waals surface area contributed by atoms with Gasteiger partial charge in [0, 0.05) is 31.9 Å². The molecule has 1 aromatic heterocycles. The lowest BCUT2D eigenvalue weighted by Gasteiger charge is -2.27. The Kier molecular flexibility index (Phi) is 10.9. The number of amides is 2. The highest BCUT2D eigenvalue weighted by Crippen LogP contribution is 2.23. The molecule has 2 amide bonds. The zero-order valence-electron chi connectivity index (χ0n) is 20.7. The van der Waals surface area contributed by atoms with E-state index in [0.717, 1.165) is 11.3 Å². The third kappa shape index (κ3) is 8.40. The van der Waals surface area contributed by atoms with Gasteiger partial charge in [-0.15, -0.1) is 0 Å². The van der Waals surface area contributed by atoms with Gasteiger partial charge in [0.25, 0.3) is 5.91 Å². The van der Waals surface area contributed by atoms with E-state index in [1.165, 1.54) is 6.07 Å². The van der Waals surface area contributed by atoms with E-state index < -0.39 is 0 Å². The molecule has 6 nitrogen and oxygen atoms in total. The van der Waals surface area contributed by atoms with Crippen LogP contribution in [0.1, 0.15) is 40.8 Å². The third-order valence-corrected chi connectivity index (χ3v) is 6.45. The van der Waals surface area contributed by atoms with Crippen LogP contribution in [0, 0.1) is 6.92 Å². The van der Waals surface area contributed by atoms with Gasteiger partial charge in [0.15, 0.2) is 0 Å². The zero-order chi connectivity index (χ0) is 25.9. The van der Waals surface area contributed by atoms with Gasteiger partial charge in [-0.3, -0.25) is 9.59 Å². The normalized spacial score (nSPS) is 10.9. The average molecular weight is 531 g/mol. The Morgan fingerprint density at radius 3 is 2.39 bits per heavy atom. The van der Waals surface area contributed by atoms with Crippen molar-refractivity contribution in [2.45, 2.75) is 33.2 Å². The molecule has 0 fully saturated rings. The van der Waals surface area contributed by atoms with Crippen molar-refractivity contribution >= 4 is 35.0 Å². The smallest absolute Gasteiger partial charge is 0.254 e. The third-order valence-electron chi connectivity index (χ3n) is 5.71. The monoisotopic (exact) mass is 530 g/mol. The molecule has 0 radical (unpaired) electrons. The molecule has 8 heteroatoms. The molecule has 0 bridgehead atoms. The summed E-state index contributed by atoms with van der Waals surface area (Å²) >= 11 is 12.2. The summed E-state index contributed by atoms with van der Waals surface area (Å²) in [7, 11) is 0. The molecule has 192 valence electrons. The summed E-state index contributed by atoms with van der Waals surface area (Å²) in [4.78, 5) is 30.2. The van der Waals surface area contributed by atoms with Gasteiger partial charge in [-0.25, -0.2) is 0 Å². The number of ether oxygens (including phenoxy) is 1.